The van der Waals surface area contributed by atoms with Crippen molar-refractivity contribution in [1.82, 2.24) is 20.2 Å². The maximum Gasteiger partial charge on any atom is 0.161 e. The second-order valence-corrected chi connectivity index (χ2v) is 9.77. The standard InChI is InChI=1S/C26H40N6O4/c1-30(2)24-16-25(29-20-28-24)32-8-4-7-26(33,19-32)18-27-17-21-5-6-22(23(15-21)34-3)36-14-11-31-9-12-35-13-10-31/h5-6,15-16,20,27,33H,4,7-14,17-19H2,1-3H3. The van der Waals surface area contributed by atoms with Gasteiger partial charge in [0.1, 0.15) is 24.6 Å². The summed E-state index contributed by atoms with van der Waals surface area (Å²) in [4.78, 5) is 15.2. The SMILES string of the molecule is COc1cc(CNCC2(O)CCCN(c3cc(N(C)C)ncn3)C2)ccc1OCCN1CCOCC1. The lowest BCUT2D eigenvalue weighted by Gasteiger charge is -2.40. The monoisotopic (exact) mass is 500 g/mol. The summed E-state index contributed by atoms with van der Waals surface area (Å²) >= 11 is 0. The Morgan fingerprint density at radius 3 is 2.75 bits per heavy atom. The molecule has 0 saturated carbocycles. The highest BCUT2D eigenvalue weighted by molar-refractivity contribution is 5.50. The number of nitrogens with zero attached hydrogens (tertiary/aromatic N) is 5. The van der Waals surface area contributed by atoms with Crippen LogP contribution in [0.3, 0.4) is 0 Å². The molecule has 2 fully saturated rings. The molecule has 2 aliphatic rings. The van der Waals surface area contributed by atoms with Crippen molar-refractivity contribution in [2.45, 2.75) is 25.0 Å². The van der Waals surface area contributed by atoms with E-state index in [1.54, 1.807) is 13.4 Å². The molecule has 2 N–H and O–H groups in total. The third-order valence-corrected chi connectivity index (χ3v) is 6.76. The molecule has 0 aliphatic carbocycles. The highest BCUT2D eigenvalue weighted by Gasteiger charge is 2.33. The summed E-state index contributed by atoms with van der Waals surface area (Å²) in [6.45, 7) is 7.49. The maximum absolute atomic E-state index is 11.3. The van der Waals surface area contributed by atoms with Crippen LogP contribution in [-0.2, 0) is 11.3 Å². The molecule has 0 amide bonds. The van der Waals surface area contributed by atoms with E-state index >= 15 is 0 Å². The second kappa shape index (κ2) is 12.5. The number of methoxy groups -OCH3 is 1. The van der Waals surface area contributed by atoms with E-state index in [2.05, 4.69) is 25.1 Å². The van der Waals surface area contributed by atoms with Crippen LogP contribution in [0.15, 0.2) is 30.6 Å². The summed E-state index contributed by atoms with van der Waals surface area (Å²) in [7, 11) is 5.58. The van der Waals surface area contributed by atoms with Crippen molar-refractivity contribution in [3.63, 3.8) is 0 Å². The van der Waals surface area contributed by atoms with E-state index < -0.39 is 5.60 Å². The minimum Gasteiger partial charge on any atom is -0.493 e. The van der Waals surface area contributed by atoms with E-state index in [4.69, 9.17) is 14.2 Å². The topological polar surface area (TPSA) is 95.5 Å². The Hall–Kier alpha value is -2.66. The van der Waals surface area contributed by atoms with Crippen molar-refractivity contribution in [2.75, 3.05) is 90.1 Å². The zero-order valence-corrected chi connectivity index (χ0v) is 21.8. The van der Waals surface area contributed by atoms with E-state index in [0.29, 0.717) is 26.2 Å². The molecule has 10 nitrogen and oxygen atoms in total. The van der Waals surface area contributed by atoms with E-state index in [1.165, 1.54) is 0 Å². The van der Waals surface area contributed by atoms with Crippen molar-refractivity contribution >= 4 is 11.6 Å². The zero-order chi connectivity index (χ0) is 25.4. The number of morpholine rings is 1. The van der Waals surface area contributed by atoms with Crippen LogP contribution in [0.2, 0.25) is 0 Å². The van der Waals surface area contributed by atoms with Crippen molar-refractivity contribution < 1.29 is 19.3 Å². The number of anilines is 2. The number of hydrogen-bond acceptors (Lipinski definition) is 10. The fraction of sp³-hybridized carbons (Fsp3) is 0.615. The predicted octanol–water partition coefficient (Wildman–Crippen LogP) is 1.38. The van der Waals surface area contributed by atoms with Crippen LogP contribution < -0.4 is 24.6 Å². The molecule has 36 heavy (non-hydrogen) atoms. The fourth-order valence-electron chi connectivity index (χ4n) is 4.70. The minimum atomic E-state index is -0.825. The fourth-order valence-corrected chi connectivity index (χ4v) is 4.70. The summed E-state index contributed by atoms with van der Waals surface area (Å²) in [6.07, 6.45) is 3.24. The number of aliphatic hydroxyl groups is 1. The Labute approximate surface area is 214 Å². The second-order valence-electron chi connectivity index (χ2n) is 9.77. The van der Waals surface area contributed by atoms with Gasteiger partial charge in [0, 0.05) is 66.0 Å². The van der Waals surface area contributed by atoms with Gasteiger partial charge in [-0.25, -0.2) is 9.97 Å². The molecule has 1 aromatic carbocycles. The van der Waals surface area contributed by atoms with Crippen molar-refractivity contribution in [1.29, 1.82) is 0 Å². The van der Waals surface area contributed by atoms with Gasteiger partial charge >= 0.3 is 0 Å². The van der Waals surface area contributed by atoms with Gasteiger partial charge < -0.3 is 34.4 Å². The van der Waals surface area contributed by atoms with Gasteiger partial charge in [-0.1, -0.05) is 6.07 Å². The third-order valence-electron chi connectivity index (χ3n) is 6.76. The van der Waals surface area contributed by atoms with Gasteiger partial charge in [0.05, 0.1) is 25.9 Å². The van der Waals surface area contributed by atoms with Gasteiger partial charge in [-0.05, 0) is 30.5 Å². The first kappa shape index (κ1) is 26.4. The number of nitrogens with one attached hydrogen (secondary N) is 1. The van der Waals surface area contributed by atoms with E-state index in [-0.39, 0.29) is 0 Å². The molecular weight excluding hydrogens is 460 g/mol. The molecule has 0 radical (unpaired) electrons. The summed E-state index contributed by atoms with van der Waals surface area (Å²) in [5.41, 5.74) is 0.253. The summed E-state index contributed by atoms with van der Waals surface area (Å²) < 4.78 is 17.0. The maximum atomic E-state index is 11.3. The number of aromatic nitrogens is 2. The first-order valence-electron chi connectivity index (χ1n) is 12.7. The molecule has 198 valence electrons. The predicted molar refractivity (Wildman–Crippen MR) is 140 cm³/mol. The summed E-state index contributed by atoms with van der Waals surface area (Å²) in [5.74, 6) is 3.17. The quantitative estimate of drug-likeness (QED) is 0.471. The zero-order valence-electron chi connectivity index (χ0n) is 21.8. The average molecular weight is 501 g/mol. The highest BCUT2D eigenvalue weighted by atomic mass is 16.5. The molecule has 3 heterocycles. The van der Waals surface area contributed by atoms with Crippen LogP contribution in [0.5, 0.6) is 11.5 Å². The van der Waals surface area contributed by atoms with Crippen LogP contribution in [-0.4, -0.2) is 106 Å². The van der Waals surface area contributed by atoms with Crippen molar-refractivity contribution in [2.24, 2.45) is 0 Å². The van der Waals surface area contributed by atoms with Crippen LogP contribution >= 0.6 is 0 Å². The number of piperidine rings is 1. The van der Waals surface area contributed by atoms with Crippen LogP contribution in [0.4, 0.5) is 11.6 Å². The lowest BCUT2D eigenvalue weighted by molar-refractivity contribution is 0.0258. The Morgan fingerprint density at radius 1 is 1.14 bits per heavy atom. The largest absolute Gasteiger partial charge is 0.493 e. The van der Waals surface area contributed by atoms with Crippen LogP contribution in [0.25, 0.3) is 0 Å². The van der Waals surface area contributed by atoms with Gasteiger partial charge in [0.25, 0.3) is 0 Å². The minimum absolute atomic E-state index is 0.495. The molecule has 2 aliphatic heterocycles. The van der Waals surface area contributed by atoms with Gasteiger partial charge in [-0.15, -0.1) is 0 Å². The third kappa shape index (κ3) is 7.19. The first-order valence-corrected chi connectivity index (χ1v) is 12.7. The van der Waals surface area contributed by atoms with E-state index in [9.17, 15) is 5.11 Å². The summed E-state index contributed by atoms with van der Waals surface area (Å²) in [6, 6.07) is 7.97. The van der Waals surface area contributed by atoms with Gasteiger partial charge in [0.2, 0.25) is 0 Å². The molecule has 0 spiro atoms. The molecule has 1 atom stereocenters. The van der Waals surface area contributed by atoms with E-state index in [1.807, 2.05) is 43.3 Å². The van der Waals surface area contributed by atoms with Crippen LogP contribution in [0.1, 0.15) is 18.4 Å². The van der Waals surface area contributed by atoms with Gasteiger partial charge in [-0.3, -0.25) is 4.90 Å². The molecule has 4 rings (SSSR count). The number of benzene rings is 1. The molecule has 2 saturated heterocycles. The Kier molecular flexibility index (Phi) is 9.19. The lowest BCUT2D eigenvalue weighted by atomic mass is 9.92. The number of hydrogen-bond donors (Lipinski definition) is 2. The van der Waals surface area contributed by atoms with Crippen LogP contribution in [0, 0.1) is 0 Å². The lowest BCUT2D eigenvalue weighted by Crippen LogP contribution is -2.53. The molecule has 2 aromatic rings. The highest BCUT2D eigenvalue weighted by Crippen LogP contribution is 2.29. The van der Waals surface area contributed by atoms with E-state index in [0.717, 1.165) is 80.9 Å². The molecule has 0 bridgehead atoms. The summed E-state index contributed by atoms with van der Waals surface area (Å²) in [5, 5.41) is 14.7. The Balaban J connectivity index is 1.27. The number of ether oxygens (including phenoxy) is 3. The molecule has 1 unspecified atom stereocenters. The Bertz CT molecular complexity index is 971. The number of β-amino-alcohol motifs (C(OH)–C–C–N with tert-alkyl or cyclic N) is 1. The van der Waals surface area contributed by atoms with Gasteiger partial charge in [0.15, 0.2) is 11.5 Å². The molecule has 1 aromatic heterocycles. The van der Waals surface area contributed by atoms with Crippen molar-refractivity contribution in [3.05, 3.63) is 36.2 Å². The molecular formula is C26H40N6O4. The Morgan fingerprint density at radius 2 is 1.97 bits per heavy atom. The molecule has 10 heteroatoms. The first-order chi connectivity index (χ1) is 17.5. The normalized spacial score (nSPS) is 20.8. The average Bonchev–Trinajstić information content (AvgIpc) is 2.90. The smallest absolute Gasteiger partial charge is 0.161 e. The van der Waals surface area contributed by atoms with Crippen molar-refractivity contribution in [3.8, 4) is 11.5 Å². The van der Waals surface area contributed by atoms with Gasteiger partial charge in [-0.2, -0.15) is 0 Å². The number of rotatable bonds is 11.